The fraction of sp³-hybridized carbons (Fsp3) is 0.750. The van der Waals surface area contributed by atoms with Crippen LogP contribution in [-0.4, -0.2) is 49.6 Å². The van der Waals surface area contributed by atoms with E-state index < -0.39 is 17.1 Å². The minimum atomic E-state index is -2.26. The van der Waals surface area contributed by atoms with Gasteiger partial charge in [-0.2, -0.15) is 4.98 Å². The van der Waals surface area contributed by atoms with Gasteiger partial charge >= 0.3 is 22.8 Å². The van der Waals surface area contributed by atoms with Crippen molar-refractivity contribution in [1.82, 2.24) is 14.5 Å². The maximum Gasteiger partial charge on any atom is 0.353 e. The van der Waals surface area contributed by atoms with E-state index in [1.165, 1.54) is 10.9 Å². The van der Waals surface area contributed by atoms with E-state index in [0.717, 1.165) is 0 Å². The van der Waals surface area contributed by atoms with E-state index in [9.17, 15) is 4.79 Å². The summed E-state index contributed by atoms with van der Waals surface area (Å²) in [6.07, 6.45) is 2.16. The molecular formula is C12H22N4O4SSi2. The van der Waals surface area contributed by atoms with Crippen LogP contribution in [0.2, 0.25) is 26.2 Å². The average Bonchev–Trinajstić information content (AvgIpc) is 2.75. The molecule has 0 aromatic carbocycles. The monoisotopic (exact) mass is 374 g/mol. The summed E-state index contributed by atoms with van der Waals surface area (Å²) in [6, 6.07) is 0. The molecule has 2 N–H and O–H groups in total. The molecule has 0 amide bonds. The molecule has 23 heavy (non-hydrogen) atoms. The molecule has 2 aliphatic heterocycles. The Morgan fingerprint density at radius 2 is 2.09 bits per heavy atom. The van der Waals surface area contributed by atoms with Crippen molar-refractivity contribution in [2.75, 3.05) is 12.3 Å². The molecule has 3 atom stereocenters. The van der Waals surface area contributed by atoms with Crippen LogP contribution in [0.4, 0.5) is 5.95 Å². The van der Waals surface area contributed by atoms with Crippen molar-refractivity contribution in [3.8, 4) is 0 Å². The molecule has 1 aromatic heterocycles. The fourth-order valence-electron chi connectivity index (χ4n) is 2.99. The summed E-state index contributed by atoms with van der Waals surface area (Å²) in [5, 5.41) is 0.0984. The quantitative estimate of drug-likeness (QED) is 0.728. The van der Waals surface area contributed by atoms with E-state index in [0.29, 0.717) is 13.0 Å². The summed E-state index contributed by atoms with van der Waals surface area (Å²) in [4.78, 5) is 19.7. The highest BCUT2D eigenvalue weighted by atomic mass is 32.2. The van der Waals surface area contributed by atoms with Crippen molar-refractivity contribution in [3.63, 3.8) is 0 Å². The van der Waals surface area contributed by atoms with Gasteiger partial charge in [0.15, 0.2) is 0 Å². The third kappa shape index (κ3) is 3.86. The number of rotatable bonds is 1. The number of nitrogens with zero attached hydrogens (tertiary/aromatic N) is 3. The molecular weight excluding hydrogens is 352 g/mol. The first-order valence-corrected chi connectivity index (χ1v) is 14.1. The molecule has 2 fully saturated rings. The standard InChI is InChI=1S/C12H22N4O4SSi2/c1-22(2)18-6-9-8(19-23(3,4)20-22)5-10(21-9)16-7-14-11(13)15-12(16)17/h7-10H,5-6H2,1-4H3,(H2,13,15,17)/t8-,9+,10+/m0/s1. The number of hydrogen-bond donors (Lipinski definition) is 1. The minimum absolute atomic E-state index is 0.00113. The van der Waals surface area contributed by atoms with Crippen LogP contribution >= 0.6 is 11.8 Å². The third-order valence-corrected chi connectivity index (χ3v) is 10.9. The Bertz CT molecular complexity index is 656. The first-order valence-electron chi connectivity index (χ1n) is 7.53. The molecule has 1 aromatic rings. The molecule has 2 aliphatic rings. The second-order valence-electron chi connectivity index (χ2n) is 6.64. The van der Waals surface area contributed by atoms with Gasteiger partial charge in [0, 0.05) is 6.42 Å². The van der Waals surface area contributed by atoms with Crippen molar-refractivity contribution >= 4 is 34.8 Å². The van der Waals surface area contributed by atoms with Crippen molar-refractivity contribution in [1.29, 1.82) is 0 Å². The lowest BCUT2D eigenvalue weighted by Crippen LogP contribution is -2.54. The van der Waals surface area contributed by atoms with Crippen LogP contribution in [0.15, 0.2) is 11.1 Å². The highest BCUT2D eigenvalue weighted by molar-refractivity contribution is 8.00. The minimum Gasteiger partial charge on any atom is -0.415 e. The number of anilines is 1. The van der Waals surface area contributed by atoms with Gasteiger partial charge in [0.05, 0.1) is 23.3 Å². The predicted octanol–water partition coefficient (Wildman–Crippen LogP) is 1.06. The molecule has 8 nitrogen and oxygen atoms in total. The number of hydrogen-bond acceptors (Lipinski definition) is 8. The first-order chi connectivity index (χ1) is 10.7. The SMILES string of the molecule is C[Si]1(C)OC[C@H]2S[C@@H](n3cnc(N)nc3=O)C[C@@H]2O[Si](C)(C)O1. The average molecular weight is 375 g/mol. The largest absolute Gasteiger partial charge is 0.415 e. The summed E-state index contributed by atoms with van der Waals surface area (Å²) in [5.74, 6) is -0.00506. The van der Waals surface area contributed by atoms with Gasteiger partial charge in [-0.25, -0.2) is 9.78 Å². The molecule has 128 valence electrons. The summed E-state index contributed by atoms with van der Waals surface area (Å²) >= 11 is 1.67. The van der Waals surface area contributed by atoms with Gasteiger partial charge in [0.2, 0.25) is 5.95 Å². The van der Waals surface area contributed by atoms with Gasteiger partial charge in [-0.1, -0.05) is 0 Å². The summed E-state index contributed by atoms with van der Waals surface area (Å²) < 4.78 is 20.1. The lowest BCUT2D eigenvalue weighted by Gasteiger charge is -2.39. The summed E-state index contributed by atoms with van der Waals surface area (Å²) in [6.45, 7) is 8.75. The lowest BCUT2D eigenvalue weighted by atomic mass is 10.2. The normalized spacial score (nSPS) is 32.8. The van der Waals surface area contributed by atoms with Crippen LogP contribution in [0.25, 0.3) is 0 Å². The molecule has 3 rings (SSSR count). The number of nitrogen functional groups attached to an aromatic ring is 1. The summed E-state index contributed by atoms with van der Waals surface area (Å²) in [5.41, 5.74) is 5.07. The van der Waals surface area contributed by atoms with Gasteiger partial charge < -0.3 is 18.7 Å². The highest BCUT2D eigenvalue weighted by Gasteiger charge is 2.47. The number of nitrogens with two attached hydrogens (primary N) is 1. The van der Waals surface area contributed by atoms with E-state index in [1.54, 1.807) is 11.8 Å². The molecule has 0 radical (unpaired) electrons. The zero-order valence-electron chi connectivity index (χ0n) is 13.7. The second kappa shape index (κ2) is 5.97. The van der Waals surface area contributed by atoms with Crippen LogP contribution in [0.1, 0.15) is 11.8 Å². The Morgan fingerprint density at radius 1 is 1.35 bits per heavy atom. The van der Waals surface area contributed by atoms with Crippen molar-refractivity contribution < 1.29 is 13.0 Å². The summed E-state index contributed by atoms with van der Waals surface area (Å²) in [7, 11) is -4.44. The van der Waals surface area contributed by atoms with Gasteiger partial charge in [-0.3, -0.25) is 4.57 Å². The Hall–Kier alpha value is -0.726. The molecule has 2 saturated heterocycles. The molecule has 0 saturated carbocycles. The zero-order chi connectivity index (χ0) is 16.8. The van der Waals surface area contributed by atoms with E-state index >= 15 is 0 Å². The van der Waals surface area contributed by atoms with Crippen LogP contribution in [-0.2, 0) is 13.0 Å². The van der Waals surface area contributed by atoms with Crippen LogP contribution in [0.3, 0.4) is 0 Å². The van der Waals surface area contributed by atoms with E-state index in [2.05, 4.69) is 9.97 Å². The highest BCUT2D eigenvalue weighted by Crippen LogP contribution is 2.44. The Kier molecular flexibility index (Phi) is 4.44. The van der Waals surface area contributed by atoms with E-state index in [1.807, 2.05) is 26.2 Å². The molecule has 3 heterocycles. The topological polar surface area (TPSA) is 101 Å². The maximum absolute atomic E-state index is 12.0. The van der Waals surface area contributed by atoms with Gasteiger partial charge in [0.1, 0.15) is 6.33 Å². The van der Waals surface area contributed by atoms with Crippen LogP contribution < -0.4 is 11.4 Å². The Balaban J connectivity index is 1.82. The molecule has 0 unspecified atom stereocenters. The number of thioether (sulfide) groups is 1. The van der Waals surface area contributed by atoms with Gasteiger partial charge in [0.25, 0.3) is 0 Å². The predicted molar refractivity (Wildman–Crippen MR) is 92.6 cm³/mol. The van der Waals surface area contributed by atoms with E-state index in [-0.39, 0.29) is 28.4 Å². The zero-order valence-corrected chi connectivity index (χ0v) is 16.5. The van der Waals surface area contributed by atoms with Crippen LogP contribution in [0, 0.1) is 0 Å². The number of aromatic nitrogens is 3. The molecule has 0 bridgehead atoms. The molecule has 11 heteroatoms. The van der Waals surface area contributed by atoms with Gasteiger partial charge in [-0.05, 0) is 26.2 Å². The van der Waals surface area contributed by atoms with Crippen LogP contribution in [0.5, 0.6) is 0 Å². The van der Waals surface area contributed by atoms with E-state index in [4.69, 9.17) is 18.7 Å². The van der Waals surface area contributed by atoms with Crippen molar-refractivity contribution in [3.05, 3.63) is 16.8 Å². The van der Waals surface area contributed by atoms with Gasteiger partial charge in [-0.15, -0.1) is 11.8 Å². The Morgan fingerprint density at radius 3 is 2.78 bits per heavy atom. The molecule has 0 spiro atoms. The number of fused-ring (bicyclic) bond motifs is 1. The maximum atomic E-state index is 12.0. The third-order valence-electron chi connectivity index (χ3n) is 3.76. The Labute approximate surface area is 141 Å². The first kappa shape index (κ1) is 17.1. The van der Waals surface area contributed by atoms with Crippen molar-refractivity contribution in [2.24, 2.45) is 0 Å². The van der Waals surface area contributed by atoms with Crippen molar-refractivity contribution in [2.45, 2.75) is 49.3 Å². The second-order valence-corrected chi connectivity index (χ2v) is 15.0. The smallest absolute Gasteiger partial charge is 0.353 e. The molecule has 0 aliphatic carbocycles. The fourth-order valence-corrected chi connectivity index (χ4v) is 11.4. The lowest BCUT2D eigenvalue weighted by molar-refractivity contribution is 0.0928.